The number of amides is 1. The predicted molar refractivity (Wildman–Crippen MR) is 133 cm³/mol. The maximum atomic E-state index is 13.2. The fourth-order valence-corrected chi connectivity index (χ4v) is 4.10. The lowest BCUT2D eigenvalue weighted by Crippen LogP contribution is -2.31. The molecule has 0 spiro atoms. The SMILES string of the molecule is COc1cccc(/C(O)=C2/C(=O)C(=O)N(CCCOC(C)C)C2c2ccc(C(C)(C)C)cc2)c1. The minimum absolute atomic E-state index is 0.0326. The van der Waals surface area contributed by atoms with Crippen LogP contribution in [-0.4, -0.2) is 48.1 Å². The second-order valence-corrected chi connectivity index (χ2v) is 9.87. The number of likely N-dealkylation sites (tertiary alicyclic amines) is 1. The Morgan fingerprint density at radius 3 is 2.35 bits per heavy atom. The minimum atomic E-state index is -0.685. The van der Waals surface area contributed by atoms with Crippen LogP contribution in [0.15, 0.2) is 54.1 Å². The van der Waals surface area contributed by atoms with Crippen LogP contribution in [0, 0.1) is 0 Å². The van der Waals surface area contributed by atoms with Gasteiger partial charge in [-0.25, -0.2) is 0 Å². The highest BCUT2D eigenvalue weighted by molar-refractivity contribution is 6.46. The van der Waals surface area contributed by atoms with Gasteiger partial charge in [-0.1, -0.05) is 57.2 Å². The smallest absolute Gasteiger partial charge is 0.295 e. The number of carbonyl (C=O) groups excluding carboxylic acids is 2. The van der Waals surface area contributed by atoms with Gasteiger partial charge in [-0.15, -0.1) is 0 Å². The third-order valence-corrected chi connectivity index (χ3v) is 5.97. The van der Waals surface area contributed by atoms with E-state index in [2.05, 4.69) is 20.8 Å². The largest absolute Gasteiger partial charge is 0.507 e. The Hall–Kier alpha value is -3.12. The second-order valence-electron chi connectivity index (χ2n) is 9.87. The first-order chi connectivity index (χ1) is 16.0. The number of nitrogens with zero attached hydrogens (tertiary/aromatic N) is 1. The number of methoxy groups -OCH3 is 1. The van der Waals surface area contributed by atoms with Gasteiger partial charge in [0, 0.05) is 18.7 Å². The minimum Gasteiger partial charge on any atom is -0.507 e. The van der Waals surface area contributed by atoms with Crippen LogP contribution in [0.25, 0.3) is 5.76 Å². The summed E-state index contributed by atoms with van der Waals surface area (Å²) in [5, 5.41) is 11.2. The lowest BCUT2D eigenvalue weighted by molar-refractivity contribution is -0.140. The van der Waals surface area contributed by atoms with Crippen LogP contribution in [0.1, 0.15) is 63.8 Å². The van der Waals surface area contributed by atoms with Crippen molar-refractivity contribution in [3.63, 3.8) is 0 Å². The molecule has 182 valence electrons. The van der Waals surface area contributed by atoms with Crippen molar-refractivity contribution >= 4 is 17.4 Å². The average molecular weight is 466 g/mol. The lowest BCUT2D eigenvalue weighted by atomic mass is 9.85. The molecule has 6 nitrogen and oxygen atoms in total. The van der Waals surface area contributed by atoms with Gasteiger partial charge in [0.05, 0.1) is 24.8 Å². The van der Waals surface area contributed by atoms with E-state index in [9.17, 15) is 14.7 Å². The Morgan fingerprint density at radius 2 is 1.76 bits per heavy atom. The highest BCUT2D eigenvalue weighted by atomic mass is 16.5. The van der Waals surface area contributed by atoms with Gasteiger partial charge in [-0.3, -0.25) is 9.59 Å². The molecule has 2 aromatic rings. The van der Waals surface area contributed by atoms with Crippen LogP contribution >= 0.6 is 0 Å². The van der Waals surface area contributed by atoms with Gasteiger partial charge < -0.3 is 19.5 Å². The molecule has 0 radical (unpaired) electrons. The molecule has 1 unspecified atom stereocenters. The molecule has 1 saturated heterocycles. The first-order valence-electron chi connectivity index (χ1n) is 11.7. The molecule has 6 heteroatoms. The van der Waals surface area contributed by atoms with Gasteiger partial charge in [-0.05, 0) is 48.9 Å². The van der Waals surface area contributed by atoms with Crippen molar-refractivity contribution in [1.82, 2.24) is 4.90 Å². The molecule has 1 N–H and O–H groups in total. The number of carbonyl (C=O) groups is 2. The van der Waals surface area contributed by atoms with E-state index in [1.54, 1.807) is 29.2 Å². The number of aliphatic hydroxyl groups excluding tert-OH is 1. The van der Waals surface area contributed by atoms with Crippen molar-refractivity contribution < 1.29 is 24.2 Å². The van der Waals surface area contributed by atoms with Crippen molar-refractivity contribution in [2.75, 3.05) is 20.3 Å². The van der Waals surface area contributed by atoms with Crippen molar-refractivity contribution in [1.29, 1.82) is 0 Å². The van der Waals surface area contributed by atoms with Crippen LogP contribution in [0.5, 0.6) is 5.75 Å². The molecule has 1 heterocycles. The Balaban J connectivity index is 2.06. The third-order valence-electron chi connectivity index (χ3n) is 5.97. The summed E-state index contributed by atoms with van der Waals surface area (Å²) < 4.78 is 10.9. The molecule has 0 saturated carbocycles. The van der Waals surface area contributed by atoms with Gasteiger partial charge >= 0.3 is 0 Å². The summed E-state index contributed by atoms with van der Waals surface area (Å²) in [5.41, 5.74) is 2.41. The van der Waals surface area contributed by atoms with Crippen LogP contribution < -0.4 is 4.74 Å². The molecule has 0 aromatic heterocycles. The van der Waals surface area contributed by atoms with E-state index in [4.69, 9.17) is 9.47 Å². The molecule has 1 aliphatic heterocycles. The summed E-state index contributed by atoms with van der Waals surface area (Å²) >= 11 is 0. The summed E-state index contributed by atoms with van der Waals surface area (Å²) in [4.78, 5) is 27.8. The summed E-state index contributed by atoms with van der Waals surface area (Å²) in [6.07, 6.45) is 0.672. The number of ketones is 1. The lowest BCUT2D eigenvalue weighted by Gasteiger charge is -2.26. The zero-order chi connectivity index (χ0) is 25.0. The van der Waals surface area contributed by atoms with Crippen LogP contribution in [0.3, 0.4) is 0 Å². The first kappa shape index (κ1) is 25.5. The molecule has 1 aliphatic rings. The van der Waals surface area contributed by atoms with Gasteiger partial charge in [0.25, 0.3) is 11.7 Å². The zero-order valence-electron chi connectivity index (χ0n) is 20.9. The van der Waals surface area contributed by atoms with Crippen molar-refractivity contribution in [3.8, 4) is 5.75 Å². The van der Waals surface area contributed by atoms with Crippen LogP contribution in [0.2, 0.25) is 0 Å². The molecule has 34 heavy (non-hydrogen) atoms. The summed E-state index contributed by atoms with van der Waals surface area (Å²) in [6, 6.07) is 14.1. The van der Waals surface area contributed by atoms with E-state index < -0.39 is 17.7 Å². The molecule has 0 aliphatic carbocycles. The highest BCUT2D eigenvalue weighted by Gasteiger charge is 2.45. The van der Waals surface area contributed by atoms with E-state index >= 15 is 0 Å². The highest BCUT2D eigenvalue weighted by Crippen LogP contribution is 2.40. The Bertz CT molecular complexity index is 1060. The van der Waals surface area contributed by atoms with Crippen molar-refractivity contribution in [3.05, 3.63) is 70.8 Å². The van der Waals surface area contributed by atoms with E-state index in [0.29, 0.717) is 30.9 Å². The third kappa shape index (κ3) is 5.50. The maximum Gasteiger partial charge on any atom is 0.295 e. The Labute approximate surface area is 202 Å². The summed E-state index contributed by atoms with van der Waals surface area (Å²) in [6.45, 7) is 11.1. The van der Waals surface area contributed by atoms with Crippen molar-refractivity contribution in [2.45, 2.75) is 58.6 Å². The number of rotatable bonds is 8. The number of ether oxygens (including phenoxy) is 2. The molecule has 3 rings (SSSR count). The number of benzene rings is 2. The summed E-state index contributed by atoms with van der Waals surface area (Å²) in [7, 11) is 1.54. The Morgan fingerprint density at radius 1 is 1.09 bits per heavy atom. The summed E-state index contributed by atoms with van der Waals surface area (Å²) in [5.74, 6) is -0.952. The predicted octanol–water partition coefficient (Wildman–Crippen LogP) is 5.23. The van der Waals surface area contributed by atoms with Crippen LogP contribution in [0.4, 0.5) is 0 Å². The van der Waals surface area contributed by atoms with E-state index in [1.807, 2.05) is 38.1 Å². The fourth-order valence-electron chi connectivity index (χ4n) is 4.10. The maximum absolute atomic E-state index is 13.2. The first-order valence-corrected chi connectivity index (χ1v) is 11.7. The quantitative estimate of drug-likeness (QED) is 0.250. The standard InChI is InChI=1S/C28H35NO5/c1-18(2)34-16-8-15-29-24(19-11-13-21(14-12-19)28(3,4)5)23(26(31)27(29)32)25(30)20-9-7-10-22(17-20)33-6/h7,9-14,17-18,24,30H,8,15-16H2,1-6H3/b25-23-. The number of hydrogen-bond acceptors (Lipinski definition) is 5. The topological polar surface area (TPSA) is 76.1 Å². The van der Waals surface area contributed by atoms with Crippen molar-refractivity contribution in [2.24, 2.45) is 0 Å². The molecule has 1 fully saturated rings. The monoisotopic (exact) mass is 465 g/mol. The fraction of sp³-hybridized carbons (Fsp3) is 0.429. The molecular formula is C28H35NO5. The molecule has 2 aromatic carbocycles. The van der Waals surface area contributed by atoms with Crippen LogP contribution in [-0.2, 0) is 19.7 Å². The van der Waals surface area contributed by atoms with Gasteiger partial charge in [-0.2, -0.15) is 0 Å². The molecule has 1 amide bonds. The number of hydrogen-bond donors (Lipinski definition) is 1. The number of Topliss-reactive ketones (excluding diaryl/α,β-unsaturated/α-hetero) is 1. The van der Waals surface area contributed by atoms with Gasteiger partial charge in [0.1, 0.15) is 11.5 Å². The molecule has 1 atom stereocenters. The molecule has 0 bridgehead atoms. The molecular weight excluding hydrogens is 430 g/mol. The van der Waals surface area contributed by atoms with Gasteiger partial charge in [0.2, 0.25) is 0 Å². The number of aliphatic hydroxyl groups is 1. The normalized spacial score (nSPS) is 18.1. The average Bonchev–Trinajstić information content (AvgIpc) is 3.05. The van der Waals surface area contributed by atoms with Gasteiger partial charge in [0.15, 0.2) is 0 Å². The Kier molecular flexibility index (Phi) is 7.82. The second kappa shape index (κ2) is 10.4. The van der Waals surface area contributed by atoms with E-state index in [1.165, 1.54) is 7.11 Å². The zero-order valence-corrected chi connectivity index (χ0v) is 20.9. The van der Waals surface area contributed by atoms with E-state index in [0.717, 1.165) is 11.1 Å². The van der Waals surface area contributed by atoms with E-state index in [-0.39, 0.29) is 22.9 Å².